The molecule has 5 nitrogen and oxygen atoms in total. The van der Waals surface area contributed by atoms with Crippen LogP contribution in [0.3, 0.4) is 0 Å². The zero-order valence-electron chi connectivity index (χ0n) is 15.6. The first-order valence-corrected chi connectivity index (χ1v) is 9.02. The number of rotatable bonds is 7. The molecule has 0 spiro atoms. The number of benzene rings is 2. The summed E-state index contributed by atoms with van der Waals surface area (Å²) in [5.41, 5.74) is 0.501. The van der Waals surface area contributed by atoms with Crippen LogP contribution in [0, 0.1) is 5.41 Å². The van der Waals surface area contributed by atoms with E-state index in [4.69, 9.17) is 9.47 Å². The lowest BCUT2D eigenvalue weighted by Crippen LogP contribution is -2.49. The third-order valence-corrected chi connectivity index (χ3v) is 4.85. The summed E-state index contributed by atoms with van der Waals surface area (Å²) in [6.07, 6.45) is 1.57. The molecule has 1 amide bonds. The average Bonchev–Trinajstić information content (AvgIpc) is 2.69. The molecule has 1 saturated heterocycles. The van der Waals surface area contributed by atoms with E-state index in [9.17, 15) is 4.79 Å². The van der Waals surface area contributed by atoms with E-state index in [1.807, 2.05) is 54.6 Å². The number of ether oxygens (including phenoxy) is 2. The van der Waals surface area contributed by atoms with Gasteiger partial charge >= 0.3 is 0 Å². The summed E-state index contributed by atoms with van der Waals surface area (Å²) in [6, 6.07) is 17.4. The number of carbonyl (C=O) groups excluding carboxylic acids is 1. The second-order valence-electron chi connectivity index (χ2n) is 6.67. The van der Waals surface area contributed by atoms with Crippen molar-refractivity contribution in [2.45, 2.75) is 19.4 Å². The molecule has 2 N–H and O–H groups in total. The lowest BCUT2D eigenvalue weighted by atomic mass is 9.78. The standard InChI is InChI=1S/C21H26N2O3.ClH/c1-25-16-21(11-13-22-14-12-21)20(24)23-15-17-7-5-6-10-19(17)26-18-8-3-2-4-9-18;/h2-10,22H,11-16H2,1H3,(H,23,24);1H. The van der Waals surface area contributed by atoms with Crippen molar-refractivity contribution >= 4 is 18.3 Å². The molecule has 0 aromatic heterocycles. The summed E-state index contributed by atoms with van der Waals surface area (Å²) in [5.74, 6) is 1.58. The molecule has 3 rings (SSSR count). The van der Waals surface area contributed by atoms with Crippen molar-refractivity contribution in [2.75, 3.05) is 26.8 Å². The summed E-state index contributed by atoms with van der Waals surface area (Å²) >= 11 is 0. The topological polar surface area (TPSA) is 59.6 Å². The van der Waals surface area contributed by atoms with Crippen LogP contribution in [-0.2, 0) is 16.1 Å². The van der Waals surface area contributed by atoms with Crippen molar-refractivity contribution in [1.29, 1.82) is 0 Å². The third kappa shape index (κ3) is 5.45. The molecule has 27 heavy (non-hydrogen) atoms. The van der Waals surface area contributed by atoms with E-state index >= 15 is 0 Å². The van der Waals surface area contributed by atoms with Gasteiger partial charge in [-0.1, -0.05) is 36.4 Å². The Kier molecular flexibility index (Phi) is 8.10. The predicted molar refractivity (Wildman–Crippen MR) is 108 cm³/mol. The minimum atomic E-state index is -0.449. The maximum atomic E-state index is 12.9. The monoisotopic (exact) mass is 390 g/mol. The molecule has 1 aliphatic heterocycles. The fourth-order valence-corrected chi connectivity index (χ4v) is 3.35. The highest BCUT2D eigenvalue weighted by Crippen LogP contribution is 2.30. The molecule has 146 valence electrons. The molecule has 0 aliphatic carbocycles. The first-order chi connectivity index (χ1) is 12.7. The summed E-state index contributed by atoms with van der Waals surface area (Å²) in [6.45, 7) is 2.55. The Morgan fingerprint density at radius 1 is 1.07 bits per heavy atom. The van der Waals surface area contributed by atoms with Gasteiger partial charge in [-0.2, -0.15) is 0 Å². The molecule has 2 aromatic rings. The van der Waals surface area contributed by atoms with Gasteiger partial charge in [0.05, 0.1) is 12.0 Å². The third-order valence-electron chi connectivity index (χ3n) is 4.85. The van der Waals surface area contributed by atoms with Crippen LogP contribution >= 0.6 is 12.4 Å². The number of nitrogens with one attached hydrogen (secondary N) is 2. The fraction of sp³-hybridized carbons (Fsp3) is 0.381. The van der Waals surface area contributed by atoms with Crippen LogP contribution in [0.15, 0.2) is 54.6 Å². The summed E-state index contributed by atoms with van der Waals surface area (Å²) < 4.78 is 11.3. The van der Waals surface area contributed by atoms with Crippen LogP contribution in [0.4, 0.5) is 0 Å². The van der Waals surface area contributed by atoms with Crippen LogP contribution in [0.1, 0.15) is 18.4 Å². The number of halogens is 1. The van der Waals surface area contributed by atoms with Crippen LogP contribution in [0.2, 0.25) is 0 Å². The van der Waals surface area contributed by atoms with Crippen molar-refractivity contribution in [2.24, 2.45) is 5.41 Å². The second-order valence-corrected chi connectivity index (χ2v) is 6.67. The zero-order valence-corrected chi connectivity index (χ0v) is 16.4. The highest BCUT2D eigenvalue weighted by Gasteiger charge is 2.39. The van der Waals surface area contributed by atoms with E-state index in [-0.39, 0.29) is 18.3 Å². The Hall–Kier alpha value is -2.08. The smallest absolute Gasteiger partial charge is 0.228 e. The first kappa shape index (κ1) is 21.2. The number of carbonyl (C=O) groups is 1. The number of methoxy groups -OCH3 is 1. The van der Waals surface area contributed by atoms with Crippen LogP contribution in [0.25, 0.3) is 0 Å². The van der Waals surface area contributed by atoms with E-state index in [1.165, 1.54) is 0 Å². The van der Waals surface area contributed by atoms with Crippen molar-refractivity contribution < 1.29 is 14.3 Å². The van der Waals surface area contributed by atoms with E-state index in [0.29, 0.717) is 13.2 Å². The van der Waals surface area contributed by atoms with E-state index in [2.05, 4.69) is 10.6 Å². The van der Waals surface area contributed by atoms with Crippen molar-refractivity contribution in [3.63, 3.8) is 0 Å². The highest BCUT2D eigenvalue weighted by atomic mass is 35.5. The van der Waals surface area contributed by atoms with Gasteiger partial charge < -0.3 is 20.1 Å². The van der Waals surface area contributed by atoms with Gasteiger partial charge in [0, 0.05) is 19.2 Å². The Bertz CT molecular complexity index is 713. The minimum absolute atomic E-state index is 0. The van der Waals surface area contributed by atoms with Crippen molar-refractivity contribution in [3.8, 4) is 11.5 Å². The van der Waals surface area contributed by atoms with E-state index < -0.39 is 5.41 Å². The van der Waals surface area contributed by atoms with Crippen molar-refractivity contribution in [1.82, 2.24) is 10.6 Å². The molecule has 0 saturated carbocycles. The van der Waals surface area contributed by atoms with Gasteiger partial charge in [0.1, 0.15) is 11.5 Å². The van der Waals surface area contributed by atoms with Gasteiger partial charge in [-0.15, -0.1) is 12.4 Å². The maximum Gasteiger partial charge on any atom is 0.228 e. The van der Waals surface area contributed by atoms with Gasteiger partial charge in [0.25, 0.3) is 0 Å². The van der Waals surface area contributed by atoms with Crippen LogP contribution in [0.5, 0.6) is 11.5 Å². The second kappa shape index (κ2) is 10.3. The Morgan fingerprint density at radius 3 is 2.44 bits per heavy atom. The van der Waals surface area contributed by atoms with Gasteiger partial charge in [0.2, 0.25) is 5.91 Å². The number of piperidine rings is 1. The molecule has 1 aliphatic rings. The maximum absolute atomic E-state index is 12.9. The lowest BCUT2D eigenvalue weighted by molar-refractivity contribution is -0.136. The minimum Gasteiger partial charge on any atom is -0.457 e. The normalized spacial score (nSPS) is 15.4. The number of hydrogen-bond acceptors (Lipinski definition) is 4. The van der Waals surface area contributed by atoms with Gasteiger partial charge in [-0.3, -0.25) is 4.79 Å². The quantitative estimate of drug-likeness (QED) is 0.759. The molecule has 6 heteroatoms. The van der Waals surface area contributed by atoms with Crippen LogP contribution < -0.4 is 15.4 Å². The van der Waals surface area contributed by atoms with Gasteiger partial charge in [-0.05, 0) is 44.1 Å². The lowest BCUT2D eigenvalue weighted by Gasteiger charge is -2.35. The molecule has 2 aromatic carbocycles. The molecule has 1 heterocycles. The Labute approximate surface area is 166 Å². The summed E-state index contributed by atoms with van der Waals surface area (Å²) in [5, 5.41) is 6.40. The number of hydrogen-bond donors (Lipinski definition) is 2. The SMILES string of the molecule is COCC1(C(=O)NCc2ccccc2Oc2ccccc2)CCNCC1.Cl. The molecular weight excluding hydrogens is 364 g/mol. The fourth-order valence-electron chi connectivity index (χ4n) is 3.35. The highest BCUT2D eigenvalue weighted by molar-refractivity contribution is 5.85. The van der Waals surface area contributed by atoms with Crippen molar-refractivity contribution in [3.05, 3.63) is 60.2 Å². The Balaban J connectivity index is 0.00000261. The van der Waals surface area contributed by atoms with Gasteiger partial charge in [0.15, 0.2) is 0 Å². The molecule has 0 atom stereocenters. The molecular formula is C21H27ClN2O3. The zero-order chi connectivity index (χ0) is 18.2. The molecule has 0 radical (unpaired) electrons. The molecule has 1 fully saturated rings. The first-order valence-electron chi connectivity index (χ1n) is 9.02. The molecule has 0 unspecified atom stereocenters. The number of para-hydroxylation sites is 2. The summed E-state index contributed by atoms with van der Waals surface area (Å²) in [4.78, 5) is 12.9. The largest absolute Gasteiger partial charge is 0.457 e. The number of amides is 1. The Morgan fingerprint density at radius 2 is 1.74 bits per heavy atom. The summed E-state index contributed by atoms with van der Waals surface area (Å²) in [7, 11) is 1.65. The average molecular weight is 391 g/mol. The van der Waals surface area contributed by atoms with E-state index in [1.54, 1.807) is 7.11 Å². The molecule has 0 bridgehead atoms. The van der Waals surface area contributed by atoms with Crippen LogP contribution in [-0.4, -0.2) is 32.7 Å². The van der Waals surface area contributed by atoms with E-state index in [0.717, 1.165) is 43.0 Å². The van der Waals surface area contributed by atoms with Gasteiger partial charge in [-0.25, -0.2) is 0 Å². The predicted octanol–water partition coefficient (Wildman–Crippen LogP) is 3.53.